The maximum Gasteiger partial charge on any atom is 0.224 e. The minimum atomic E-state index is 0. The van der Waals surface area contributed by atoms with E-state index in [1.165, 1.54) is 4.88 Å². The molecule has 1 atom stereocenters. The van der Waals surface area contributed by atoms with Gasteiger partial charge >= 0.3 is 0 Å². The number of aryl methyl sites for hydroxylation is 1. The molecule has 0 bridgehead atoms. The van der Waals surface area contributed by atoms with Crippen LogP contribution in [0.25, 0.3) is 10.2 Å². The van der Waals surface area contributed by atoms with Crippen LogP contribution in [0.3, 0.4) is 0 Å². The maximum atomic E-state index is 6.10. The molecule has 0 aliphatic rings. The summed E-state index contributed by atoms with van der Waals surface area (Å²) in [4.78, 5) is 10.0. The molecule has 24 heavy (non-hydrogen) atoms. The first-order valence-electron chi connectivity index (χ1n) is 7.50. The molecule has 3 heterocycles. The highest BCUT2D eigenvalue weighted by molar-refractivity contribution is 7.19. The number of rotatable bonds is 6. The van der Waals surface area contributed by atoms with Gasteiger partial charge in [0, 0.05) is 4.88 Å². The van der Waals surface area contributed by atoms with Crippen LogP contribution in [0, 0.1) is 12.8 Å². The average Bonchev–Trinajstić information content (AvgIpc) is 3.15. The number of nitrogens with two attached hydrogens (primary N) is 1. The topological polar surface area (TPSA) is 77.0 Å². The van der Waals surface area contributed by atoms with Crippen molar-refractivity contribution >= 4 is 51.4 Å². The minimum Gasteiger partial charge on any atom is -0.467 e. The lowest BCUT2D eigenvalue weighted by atomic mass is 10.1. The highest BCUT2D eigenvalue weighted by Gasteiger charge is 2.17. The first-order valence-corrected chi connectivity index (χ1v) is 8.69. The maximum absolute atomic E-state index is 6.10. The van der Waals surface area contributed by atoms with Gasteiger partial charge in [0.1, 0.15) is 11.6 Å². The van der Waals surface area contributed by atoms with Crippen molar-refractivity contribution in [1.82, 2.24) is 9.97 Å². The molecule has 0 aliphatic heterocycles. The van der Waals surface area contributed by atoms with Crippen LogP contribution in [0.4, 0.5) is 5.82 Å². The Morgan fingerprint density at radius 3 is 2.88 bits per heavy atom. The molecular weight excluding hydrogens is 367 g/mol. The summed E-state index contributed by atoms with van der Waals surface area (Å²) in [5.74, 6) is 2.03. The number of halogens is 2. The number of nitrogens with one attached hydrogen (secondary N) is 1. The van der Waals surface area contributed by atoms with E-state index in [1.54, 1.807) is 17.6 Å². The van der Waals surface area contributed by atoms with E-state index in [4.69, 9.17) is 21.8 Å². The van der Waals surface area contributed by atoms with Gasteiger partial charge in [0.2, 0.25) is 5.28 Å². The Morgan fingerprint density at radius 1 is 1.42 bits per heavy atom. The summed E-state index contributed by atoms with van der Waals surface area (Å²) in [6.07, 6.45) is 2.60. The molecule has 0 aromatic carbocycles. The molecule has 8 heteroatoms. The van der Waals surface area contributed by atoms with Gasteiger partial charge in [0.25, 0.3) is 0 Å². The molecule has 0 fully saturated rings. The van der Waals surface area contributed by atoms with Crippen LogP contribution in [0.5, 0.6) is 0 Å². The Morgan fingerprint density at radius 2 is 2.21 bits per heavy atom. The summed E-state index contributed by atoms with van der Waals surface area (Å²) >= 11 is 7.81. The number of hydrogen-bond acceptors (Lipinski definition) is 6. The second kappa shape index (κ2) is 8.16. The van der Waals surface area contributed by atoms with Crippen LogP contribution in [0.15, 0.2) is 22.8 Å². The smallest absolute Gasteiger partial charge is 0.224 e. The van der Waals surface area contributed by atoms with Crippen LogP contribution < -0.4 is 11.1 Å². The molecule has 0 aliphatic carbocycles. The monoisotopic (exact) mass is 386 g/mol. The second-order valence-electron chi connectivity index (χ2n) is 5.65. The molecular formula is C16H20Cl2N4OS. The SMILES string of the molecule is Cc1c(CC(C)CN)sc2c(NCc3ccco3)nc(Cl)nc12.Cl. The van der Waals surface area contributed by atoms with E-state index in [-0.39, 0.29) is 17.7 Å². The molecule has 0 saturated heterocycles. The number of thiophene rings is 1. The lowest BCUT2D eigenvalue weighted by molar-refractivity contribution is 0.518. The normalized spacial score (nSPS) is 12.2. The van der Waals surface area contributed by atoms with Crippen LogP contribution in [0.1, 0.15) is 23.1 Å². The third-order valence-electron chi connectivity index (χ3n) is 3.78. The fraction of sp³-hybridized carbons (Fsp3) is 0.375. The minimum absolute atomic E-state index is 0. The molecule has 3 aromatic rings. The van der Waals surface area contributed by atoms with Gasteiger partial charge in [-0.05, 0) is 55.1 Å². The van der Waals surface area contributed by atoms with Gasteiger partial charge in [0.05, 0.1) is 23.0 Å². The van der Waals surface area contributed by atoms with E-state index in [1.807, 2.05) is 12.1 Å². The van der Waals surface area contributed by atoms with Crippen molar-refractivity contribution in [1.29, 1.82) is 0 Å². The molecule has 130 valence electrons. The fourth-order valence-corrected chi connectivity index (χ4v) is 3.95. The van der Waals surface area contributed by atoms with Crippen molar-refractivity contribution in [2.45, 2.75) is 26.8 Å². The number of furan rings is 1. The van der Waals surface area contributed by atoms with Gasteiger partial charge in [0.15, 0.2) is 0 Å². The van der Waals surface area contributed by atoms with Crippen molar-refractivity contribution in [2.24, 2.45) is 11.7 Å². The second-order valence-corrected chi connectivity index (χ2v) is 7.09. The average molecular weight is 387 g/mol. The summed E-state index contributed by atoms with van der Waals surface area (Å²) in [6.45, 7) is 5.46. The van der Waals surface area contributed by atoms with Crippen LogP contribution in [-0.4, -0.2) is 16.5 Å². The van der Waals surface area contributed by atoms with Crippen LogP contribution >= 0.6 is 35.3 Å². The van der Waals surface area contributed by atoms with E-state index < -0.39 is 0 Å². The molecule has 0 saturated carbocycles. The van der Waals surface area contributed by atoms with E-state index >= 15 is 0 Å². The first-order chi connectivity index (χ1) is 11.1. The summed E-state index contributed by atoms with van der Waals surface area (Å²) < 4.78 is 6.37. The quantitative estimate of drug-likeness (QED) is 0.613. The summed E-state index contributed by atoms with van der Waals surface area (Å²) in [7, 11) is 0. The molecule has 3 rings (SSSR count). The molecule has 0 amide bonds. The van der Waals surface area contributed by atoms with E-state index in [0.29, 0.717) is 19.0 Å². The van der Waals surface area contributed by atoms with Gasteiger partial charge in [-0.25, -0.2) is 4.98 Å². The van der Waals surface area contributed by atoms with Gasteiger partial charge in [-0.15, -0.1) is 23.7 Å². The van der Waals surface area contributed by atoms with Gasteiger partial charge < -0.3 is 15.5 Å². The summed E-state index contributed by atoms with van der Waals surface area (Å²) in [5.41, 5.74) is 7.83. The van der Waals surface area contributed by atoms with Crippen molar-refractivity contribution in [3.63, 3.8) is 0 Å². The third kappa shape index (κ3) is 4.00. The van der Waals surface area contributed by atoms with Gasteiger partial charge in [-0.3, -0.25) is 0 Å². The fourth-order valence-electron chi connectivity index (χ4n) is 2.40. The van der Waals surface area contributed by atoms with E-state index in [0.717, 1.165) is 33.8 Å². The Hall–Kier alpha value is -1.34. The van der Waals surface area contributed by atoms with Crippen molar-refractivity contribution in [3.05, 3.63) is 39.9 Å². The summed E-state index contributed by atoms with van der Waals surface area (Å²) in [5, 5.41) is 3.54. The van der Waals surface area contributed by atoms with Crippen molar-refractivity contribution < 1.29 is 4.42 Å². The zero-order valence-corrected chi connectivity index (χ0v) is 15.9. The van der Waals surface area contributed by atoms with Gasteiger partial charge in [-0.2, -0.15) is 4.98 Å². The van der Waals surface area contributed by atoms with E-state index in [9.17, 15) is 0 Å². The first kappa shape index (κ1) is 19.0. The largest absolute Gasteiger partial charge is 0.467 e. The molecule has 3 aromatic heterocycles. The molecule has 3 N–H and O–H groups in total. The lowest BCUT2D eigenvalue weighted by Crippen LogP contribution is -2.12. The van der Waals surface area contributed by atoms with Gasteiger partial charge in [-0.1, -0.05) is 6.92 Å². The number of aromatic nitrogens is 2. The van der Waals surface area contributed by atoms with Crippen LogP contribution in [0.2, 0.25) is 5.28 Å². The Labute approximate surface area is 156 Å². The van der Waals surface area contributed by atoms with Crippen molar-refractivity contribution in [2.75, 3.05) is 11.9 Å². The number of nitrogens with zero attached hydrogens (tertiary/aromatic N) is 2. The lowest BCUT2D eigenvalue weighted by Gasteiger charge is -2.06. The third-order valence-corrected chi connectivity index (χ3v) is 5.26. The zero-order chi connectivity index (χ0) is 16.4. The predicted molar refractivity (Wildman–Crippen MR) is 102 cm³/mol. The number of hydrogen-bond donors (Lipinski definition) is 2. The Kier molecular flexibility index (Phi) is 6.46. The highest BCUT2D eigenvalue weighted by atomic mass is 35.5. The predicted octanol–water partition coefficient (Wildman–Crippen LogP) is 4.42. The zero-order valence-electron chi connectivity index (χ0n) is 13.5. The standard InChI is InChI=1S/C16H19ClN4OS.ClH/c1-9(7-18)6-12-10(2)13-14(23-12)15(21-16(17)20-13)19-8-11-4-3-5-22-11;/h3-5,9H,6-8,18H2,1-2H3,(H,19,20,21);1H. The molecule has 0 spiro atoms. The van der Waals surface area contributed by atoms with E-state index in [2.05, 4.69) is 29.1 Å². The molecule has 0 radical (unpaired) electrons. The molecule has 1 unspecified atom stereocenters. The van der Waals surface area contributed by atoms with Crippen LogP contribution in [-0.2, 0) is 13.0 Å². The Bertz CT molecular complexity index is 804. The Balaban J connectivity index is 0.00000208. The highest BCUT2D eigenvalue weighted by Crippen LogP contribution is 2.36. The number of anilines is 1. The number of fused-ring (bicyclic) bond motifs is 1. The summed E-state index contributed by atoms with van der Waals surface area (Å²) in [6, 6.07) is 3.78. The van der Waals surface area contributed by atoms with Crippen molar-refractivity contribution in [3.8, 4) is 0 Å². The molecule has 5 nitrogen and oxygen atoms in total.